The van der Waals surface area contributed by atoms with Gasteiger partial charge < -0.3 is 9.84 Å². The third-order valence-corrected chi connectivity index (χ3v) is 14.2. The quantitative estimate of drug-likeness (QED) is 0.0375. The highest BCUT2D eigenvalue weighted by atomic mass is 16.5. The number of carbonyl (C=O) groups excluding carboxylic acids is 1. The molecule has 4 nitrogen and oxygen atoms in total. The van der Waals surface area contributed by atoms with Crippen molar-refractivity contribution in [3.63, 3.8) is 0 Å². The van der Waals surface area contributed by atoms with E-state index in [2.05, 4.69) is 19.1 Å². The summed E-state index contributed by atoms with van der Waals surface area (Å²) in [6.07, 6.45) is 77.7. The summed E-state index contributed by atoms with van der Waals surface area (Å²) < 4.78 is 5.51. The van der Waals surface area contributed by atoms with Crippen LogP contribution in [0.25, 0.3) is 0 Å². The highest BCUT2D eigenvalue weighted by molar-refractivity contribution is 5.69. The normalized spacial score (nSPS) is 11.6. The molecule has 386 valence electrons. The number of aliphatic carboxylic acids is 1. The average Bonchev–Trinajstić information content (AvgIpc) is 3.30. The summed E-state index contributed by atoms with van der Waals surface area (Å²) in [6.45, 7) is 2.92. The predicted octanol–water partition coefficient (Wildman–Crippen LogP) is 21.6. The van der Waals surface area contributed by atoms with Crippen molar-refractivity contribution in [1.82, 2.24) is 0 Å². The van der Waals surface area contributed by atoms with Crippen molar-refractivity contribution in [1.29, 1.82) is 0 Å². The minimum absolute atomic E-state index is 0.0261. The monoisotopic (exact) mass is 915 g/mol. The molecule has 0 aromatic carbocycles. The fraction of sp³-hybridized carbons (Fsp3) is 0.934. The summed E-state index contributed by atoms with van der Waals surface area (Å²) >= 11 is 0. The third kappa shape index (κ3) is 60.7. The number of unbranched alkanes of at least 4 members (excludes halogenated alkanes) is 50. The van der Waals surface area contributed by atoms with E-state index in [9.17, 15) is 9.59 Å². The number of allylic oxidation sites excluding steroid dienone is 2. The Morgan fingerprint density at radius 2 is 0.508 bits per heavy atom. The summed E-state index contributed by atoms with van der Waals surface area (Å²) in [4.78, 5) is 22.6. The van der Waals surface area contributed by atoms with E-state index in [0.29, 0.717) is 19.4 Å². The Morgan fingerprint density at radius 1 is 0.292 bits per heavy atom. The second-order valence-electron chi connectivity index (χ2n) is 20.8. The molecule has 0 amide bonds. The van der Waals surface area contributed by atoms with Gasteiger partial charge in [0, 0.05) is 12.8 Å². The Hall–Kier alpha value is -1.32. The summed E-state index contributed by atoms with van der Waals surface area (Å²) in [6, 6.07) is 0. The Morgan fingerprint density at radius 3 is 0.769 bits per heavy atom. The maximum Gasteiger partial charge on any atom is 0.305 e. The zero-order chi connectivity index (χ0) is 46.9. The highest BCUT2D eigenvalue weighted by Gasteiger charge is 2.04. The molecule has 0 unspecified atom stereocenters. The summed E-state index contributed by atoms with van der Waals surface area (Å²) in [5.74, 6) is -0.624. The maximum absolute atomic E-state index is 12.1. The lowest BCUT2D eigenvalue weighted by atomic mass is 10.0. The van der Waals surface area contributed by atoms with Gasteiger partial charge in [-0.25, -0.2) is 0 Å². The molecule has 0 heterocycles. The fourth-order valence-electron chi connectivity index (χ4n) is 9.69. The van der Waals surface area contributed by atoms with Gasteiger partial charge in [-0.15, -0.1) is 0 Å². The minimum atomic E-state index is -0.650. The molecule has 0 aliphatic heterocycles. The van der Waals surface area contributed by atoms with Crippen LogP contribution in [0.5, 0.6) is 0 Å². The molecule has 0 radical (unpaired) electrons. The third-order valence-electron chi connectivity index (χ3n) is 14.2. The molecule has 0 aliphatic carbocycles. The SMILES string of the molecule is CCCCCCCCC=CCCCCCCCCCCCCCC(=O)OCCCCCCCCCCCCCCCCCCCCCCCCCCCCCCCCCCCCC(=O)O. The van der Waals surface area contributed by atoms with Gasteiger partial charge in [-0.1, -0.05) is 314 Å². The standard InChI is InChI=1S/C61H118O4/c1-2-3-4-5-6-7-8-9-10-11-12-27-31-34-37-40-43-46-49-52-55-58-61(64)65-59-56-53-50-47-44-41-38-35-32-29-26-24-22-20-18-16-14-13-15-17-19-21-23-25-28-30-33-36-39-42-45-48-51-54-57-60(62)63/h9-10H,2-8,11-59H2,1H3,(H,62,63). The Bertz CT molecular complexity index is 929. The summed E-state index contributed by atoms with van der Waals surface area (Å²) in [5.41, 5.74) is 0. The summed E-state index contributed by atoms with van der Waals surface area (Å²) in [5, 5.41) is 8.68. The number of carbonyl (C=O) groups is 2. The first-order chi connectivity index (χ1) is 32.2. The first-order valence-corrected chi connectivity index (χ1v) is 30.2. The Balaban J connectivity index is 3.15. The molecule has 0 aromatic heterocycles. The molecule has 0 atom stereocenters. The Labute approximate surface area is 408 Å². The number of carboxylic acids is 1. The molecule has 1 N–H and O–H groups in total. The molecule has 0 saturated carbocycles. The second-order valence-corrected chi connectivity index (χ2v) is 20.8. The van der Waals surface area contributed by atoms with E-state index in [0.717, 1.165) is 25.7 Å². The number of hydrogen-bond donors (Lipinski definition) is 1. The van der Waals surface area contributed by atoms with Crippen molar-refractivity contribution in [2.75, 3.05) is 6.61 Å². The van der Waals surface area contributed by atoms with E-state index in [1.54, 1.807) is 0 Å². The highest BCUT2D eigenvalue weighted by Crippen LogP contribution is 2.18. The van der Waals surface area contributed by atoms with E-state index in [1.165, 1.54) is 315 Å². The number of rotatable bonds is 58. The number of esters is 1. The van der Waals surface area contributed by atoms with E-state index in [-0.39, 0.29) is 5.97 Å². The van der Waals surface area contributed by atoms with Crippen LogP contribution in [-0.4, -0.2) is 23.7 Å². The minimum Gasteiger partial charge on any atom is -0.481 e. The lowest BCUT2D eigenvalue weighted by molar-refractivity contribution is -0.144. The van der Waals surface area contributed by atoms with Crippen molar-refractivity contribution >= 4 is 11.9 Å². The molecule has 0 fully saturated rings. The second kappa shape index (κ2) is 58.8. The molecule has 65 heavy (non-hydrogen) atoms. The number of carboxylic acid groups (broad SMARTS) is 1. The van der Waals surface area contributed by atoms with Crippen molar-refractivity contribution in [2.24, 2.45) is 0 Å². The van der Waals surface area contributed by atoms with Crippen molar-refractivity contribution in [3.8, 4) is 0 Å². The van der Waals surface area contributed by atoms with Gasteiger partial charge in [0.1, 0.15) is 0 Å². The molecule has 0 bridgehead atoms. The topological polar surface area (TPSA) is 63.6 Å². The van der Waals surface area contributed by atoms with Crippen LogP contribution in [0, 0.1) is 0 Å². The van der Waals surface area contributed by atoms with Gasteiger partial charge in [0.15, 0.2) is 0 Å². The van der Waals surface area contributed by atoms with E-state index >= 15 is 0 Å². The number of hydrogen-bond acceptors (Lipinski definition) is 3. The maximum atomic E-state index is 12.1. The molecule has 0 rings (SSSR count). The summed E-state index contributed by atoms with van der Waals surface area (Å²) in [7, 11) is 0. The lowest BCUT2D eigenvalue weighted by Gasteiger charge is -2.06. The smallest absolute Gasteiger partial charge is 0.305 e. The molecular formula is C61H118O4. The molecular weight excluding hydrogens is 797 g/mol. The van der Waals surface area contributed by atoms with Gasteiger partial charge >= 0.3 is 11.9 Å². The Kier molecular flexibility index (Phi) is 57.6. The predicted molar refractivity (Wildman–Crippen MR) is 287 cm³/mol. The van der Waals surface area contributed by atoms with E-state index < -0.39 is 5.97 Å². The van der Waals surface area contributed by atoms with Gasteiger partial charge in [-0.3, -0.25) is 9.59 Å². The van der Waals surface area contributed by atoms with Crippen LogP contribution in [0.4, 0.5) is 0 Å². The van der Waals surface area contributed by atoms with Gasteiger partial charge in [0.05, 0.1) is 6.61 Å². The van der Waals surface area contributed by atoms with Crippen molar-refractivity contribution < 1.29 is 19.4 Å². The van der Waals surface area contributed by atoms with Crippen LogP contribution in [0.1, 0.15) is 360 Å². The molecule has 0 aliphatic rings. The molecule has 0 aromatic rings. The van der Waals surface area contributed by atoms with Crippen LogP contribution < -0.4 is 0 Å². The fourth-order valence-corrected chi connectivity index (χ4v) is 9.69. The molecule has 0 spiro atoms. The lowest BCUT2D eigenvalue weighted by Crippen LogP contribution is -2.05. The van der Waals surface area contributed by atoms with Crippen molar-refractivity contribution in [2.45, 2.75) is 360 Å². The van der Waals surface area contributed by atoms with Crippen LogP contribution in [0.3, 0.4) is 0 Å². The van der Waals surface area contributed by atoms with E-state index in [1.807, 2.05) is 0 Å². The first kappa shape index (κ1) is 63.7. The average molecular weight is 916 g/mol. The molecule has 4 heteroatoms. The van der Waals surface area contributed by atoms with Crippen LogP contribution in [-0.2, 0) is 14.3 Å². The number of ether oxygens (including phenoxy) is 1. The van der Waals surface area contributed by atoms with Crippen LogP contribution in [0.15, 0.2) is 12.2 Å². The van der Waals surface area contributed by atoms with Gasteiger partial charge in [0.25, 0.3) is 0 Å². The zero-order valence-electron chi connectivity index (χ0n) is 44.4. The van der Waals surface area contributed by atoms with Crippen molar-refractivity contribution in [3.05, 3.63) is 12.2 Å². The van der Waals surface area contributed by atoms with E-state index in [4.69, 9.17) is 9.84 Å². The molecule has 0 saturated heterocycles. The van der Waals surface area contributed by atoms with Crippen LogP contribution >= 0.6 is 0 Å². The largest absolute Gasteiger partial charge is 0.481 e. The van der Waals surface area contributed by atoms with Crippen LogP contribution in [0.2, 0.25) is 0 Å². The van der Waals surface area contributed by atoms with Gasteiger partial charge in [0.2, 0.25) is 0 Å². The van der Waals surface area contributed by atoms with Gasteiger partial charge in [-0.2, -0.15) is 0 Å². The van der Waals surface area contributed by atoms with Gasteiger partial charge in [-0.05, 0) is 44.9 Å². The first-order valence-electron chi connectivity index (χ1n) is 30.2. The zero-order valence-corrected chi connectivity index (χ0v) is 44.4.